The lowest BCUT2D eigenvalue weighted by atomic mass is 9.67. The van der Waals surface area contributed by atoms with E-state index in [1.165, 1.54) is 12.8 Å². The van der Waals surface area contributed by atoms with Gasteiger partial charge in [0.1, 0.15) is 11.6 Å². The highest BCUT2D eigenvalue weighted by Gasteiger charge is 2.64. The highest BCUT2D eigenvalue weighted by Crippen LogP contribution is 2.66. The van der Waals surface area contributed by atoms with Crippen LogP contribution in [-0.4, -0.2) is 39.9 Å². The van der Waals surface area contributed by atoms with Crippen molar-refractivity contribution in [3.8, 4) is 0 Å². The number of carbonyl (C=O) groups excluding carboxylic acids is 1. The van der Waals surface area contributed by atoms with Crippen LogP contribution in [0.25, 0.3) is 0 Å². The quantitative estimate of drug-likeness (QED) is 0.592. The fourth-order valence-electron chi connectivity index (χ4n) is 6.95. The van der Waals surface area contributed by atoms with Crippen molar-refractivity contribution in [1.82, 2.24) is 14.9 Å². The van der Waals surface area contributed by atoms with Gasteiger partial charge in [-0.15, -0.1) is 0 Å². The predicted molar refractivity (Wildman–Crippen MR) is 135 cm³/mol. The Morgan fingerprint density at radius 3 is 2.27 bits per heavy atom. The highest BCUT2D eigenvalue weighted by atomic mass is 16.2. The summed E-state index contributed by atoms with van der Waals surface area (Å²) in [4.78, 5) is 26.0. The van der Waals surface area contributed by atoms with Crippen LogP contribution in [0.15, 0.2) is 6.07 Å². The zero-order valence-electron chi connectivity index (χ0n) is 22.5. The number of nitrogens with one attached hydrogen (secondary N) is 1. The van der Waals surface area contributed by atoms with Crippen LogP contribution < -0.4 is 5.32 Å². The van der Waals surface area contributed by atoms with Crippen molar-refractivity contribution in [2.24, 2.45) is 22.2 Å². The fourth-order valence-corrected chi connectivity index (χ4v) is 6.95. The Hall–Kier alpha value is -1.65. The third-order valence-electron chi connectivity index (χ3n) is 9.03. The number of likely N-dealkylation sites (tertiary alicyclic amines) is 1. The third-order valence-corrected chi connectivity index (χ3v) is 9.03. The van der Waals surface area contributed by atoms with E-state index in [1.54, 1.807) is 0 Å². The van der Waals surface area contributed by atoms with Crippen LogP contribution in [0.4, 0.5) is 5.82 Å². The first kappa shape index (κ1) is 24.5. The molecule has 1 aromatic heterocycles. The van der Waals surface area contributed by atoms with Crippen molar-refractivity contribution in [3.05, 3.63) is 17.6 Å². The number of hydrogen-bond donors (Lipinski definition) is 1. The molecule has 5 heteroatoms. The molecule has 33 heavy (non-hydrogen) atoms. The fraction of sp³-hybridized carbons (Fsp3) is 0.821. The monoisotopic (exact) mass is 454 g/mol. The minimum atomic E-state index is -0.158. The largest absolute Gasteiger partial charge is 0.365 e. The Labute approximate surface area is 201 Å². The number of nitrogens with zero attached hydrogens (tertiary/aromatic N) is 3. The van der Waals surface area contributed by atoms with Gasteiger partial charge in [-0.3, -0.25) is 4.79 Å². The summed E-state index contributed by atoms with van der Waals surface area (Å²) in [6.45, 7) is 21.8. The zero-order chi connectivity index (χ0) is 24.4. The summed E-state index contributed by atoms with van der Waals surface area (Å²) in [7, 11) is 0. The minimum absolute atomic E-state index is 0.0386. The molecule has 3 fully saturated rings. The SMILES string of the molecule is CC(C)c1nc(NC2CN(C(=O)C34CCC(CC3)C4(C)C)CC(C)(C)C2)cc(C(C)(C)C)n1. The first-order chi connectivity index (χ1) is 15.1. The Kier molecular flexibility index (Phi) is 5.90. The van der Waals surface area contributed by atoms with Gasteiger partial charge >= 0.3 is 0 Å². The zero-order valence-corrected chi connectivity index (χ0v) is 22.5. The van der Waals surface area contributed by atoms with Crippen LogP contribution in [0.1, 0.15) is 112 Å². The molecule has 5 nitrogen and oxygen atoms in total. The van der Waals surface area contributed by atoms with Crippen molar-refractivity contribution < 1.29 is 4.79 Å². The van der Waals surface area contributed by atoms with Crippen LogP contribution in [0.5, 0.6) is 0 Å². The van der Waals surface area contributed by atoms with E-state index >= 15 is 0 Å². The normalized spacial score (nSPS) is 30.7. The molecule has 2 heterocycles. The summed E-state index contributed by atoms with van der Waals surface area (Å²) in [6, 6.07) is 2.30. The van der Waals surface area contributed by atoms with E-state index in [0.717, 1.165) is 49.7 Å². The number of fused-ring (bicyclic) bond motifs is 2. The molecule has 3 aliphatic rings. The van der Waals surface area contributed by atoms with Crippen molar-refractivity contribution in [2.75, 3.05) is 18.4 Å². The smallest absolute Gasteiger partial charge is 0.229 e. The summed E-state index contributed by atoms with van der Waals surface area (Å²) in [5, 5.41) is 3.74. The molecular weight excluding hydrogens is 408 g/mol. The van der Waals surface area contributed by atoms with Gasteiger partial charge in [0.15, 0.2) is 0 Å². The van der Waals surface area contributed by atoms with Gasteiger partial charge in [0.05, 0.1) is 11.1 Å². The first-order valence-corrected chi connectivity index (χ1v) is 13.1. The maximum Gasteiger partial charge on any atom is 0.229 e. The first-order valence-electron chi connectivity index (χ1n) is 13.1. The van der Waals surface area contributed by atoms with Gasteiger partial charge in [-0.05, 0) is 48.9 Å². The minimum Gasteiger partial charge on any atom is -0.365 e. The Balaban J connectivity index is 1.59. The molecule has 1 N–H and O–H groups in total. The molecule has 1 amide bonds. The number of carbonyl (C=O) groups is 1. The van der Waals surface area contributed by atoms with Crippen LogP contribution in [0.2, 0.25) is 0 Å². The molecule has 2 saturated carbocycles. The average Bonchev–Trinajstić information content (AvgIpc) is 3.10. The highest BCUT2D eigenvalue weighted by molar-refractivity contribution is 5.85. The van der Waals surface area contributed by atoms with Crippen LogP contribution in [0.3, 0.4) is 0 Å². The molecule has 1 aliphatic heterocycles. The van der Waals surface area contributed by atoms with Gasteiger partial charge in [-0.25, -0.2) is 9.97 Å². The third kappa shape index (κ3) is 4.30. The van der Waals surface area contributed by atoms with Gasteiger partial charge in [-0.1, -0.05) is 62.3 Å². The molecule has 1 saturated heterocycles. The second-order valence-electron chi connectivity index (χ2n) is 13.9. The van der Waals surface area contributed by atoms with Crippen LogP contribution in [0, 0.1) is 22.2 Å². The lowest BCUT2D eigenvalue weighted by molar-refractivity contribution is -0.150. The van der Waals surface area contributed by atoms with Crippen LogP contribution >= 0.6 is 0 Å². The molecule has 4 rings (SSSR count). The van der Waals surface area contributed by atoms with E-state index in [1.807, 2.05) is 0 Å². The summed E-state index contributed by atoms with van der Waals surface area (Å²) in [5.41, 5.74) is 1.06. The molecule has 0 radical (unpaired) electrons. The lowest BCUT2D eigenvalue weighted by Crippen LogP contribution is -2.57. The molecular formula is C28H46N4O. The molecule has 0 aromatic carbocycles. The summed E-state index contributed by atoms with van der Waals surface area (Å²) in [6.07, 6.45) is 5.59. The van der Waals surface area contributed by atoms with Crippen molar-refractivity contribution in [1.29, 1.82) is 0 Å². The number of rotatable bonds is 4. The van der Waals surface area contributed by atoms with Gasteiger partial charge in [0.25, 0.3) is 0 Å². The Bertz CT molecular complexity index is 903. The van der Waals surface area contributed by atoms with E-state index < -0.39 is 0 Å². The van der Waals surface area contributed by atoms with E-state index in [4.69, 9.17) is 9.97 Å². The van der Waals surface area contributed by atoms with Crippen LogP contribution in [-0.2, 0) is 10.2 Å². The van der Waals surface area contributed by atoms with Gasteiger partial charge in [-0.2, -0.15) is 0 Å². The summed E-state index contributed by atoms with van der Waals surface area (Å²) >= 11 is 0. The van der Waals surface area contributed by atoms with Gasteiger partial charge in [0, 0.05) is 36.5 Å². The Morgan fingerprint density at radius 1 is 1.12 bits per heavy atom. The molecule has 0 spiro atoms. The molecule has 1 unspecified atom stereocenters. The molecule has 1 aromatic rings. The maximum atomic E-state index is 14.1. The number of anilines is 1. The topological polar surface area (TPSA) is 58.1 Å². The molecule has 2 aliphatic carbocycles. The van der Waals surface area contributed by atoms with E-state index in [0.29, 0.717) is 11.8 Å². The number of piperidine rings is 1. The summed E-state index contributed by atoms with van der Waals surface area (Å²) < 4.78 is 0. The predicted octanol–water partition coefficient (Wildman–Crippen LogP) is 6.15. The van der Waals surface area contributed by atoms with Gasteiger partial charge < -0.3 is 10.2 Å². The van der Waals surface area contributed by atoms with E-state index in [-0.39, 0.29) is 33.6 Å². The van der Waals surface area contributed by atoms with E-state index in [9.17, 15) is 4.79 Å². The average molecular weight is 455 g/mol. The maximum absolute atomic E-state index is 14.1. The van der Waals surface area contributed by atoms with Crippen molar-refractivity contribution in [3.63, 3.8) is 0 Å². The standard InChI is InChI=1S/C28H46N4O/c1-18(2)23-30-21(25(3,4)5)14-22(31-23)29-20-15-26(6,7)17-32(16-20)24(33)28-12-10-19(11-13-28)27(28,8)9/h14,18-20H,10-13,15-17H2,1-9H3,(H,29,30,31). The molecule has 184 valence electrons. The van der Waals surface area contributed by atoms with Crippen molar-refractivity contribution >= 4 is 11.7 Å². The summed E-state index contributed by atoms with van der Waals surface area (Å²) in [5.74, 6) is 3.17. The number of hydrogen-bond acceptors (Lipinski definition) is 4. The molecule has 2 bridgehead atoms. The second kappa shape index (κ2) is 7.95. The van der Waals surface area contributed by atoms with Crippen molar-refractivity contribution in [2.45, 2.75) is 112 Å². The molecule has 1 atom stereocenters. The number of amides is 1. The Morgan fingerprint density at radius 2 is 1.76 bits per heavy atom. The lowest BCUT2D eigenvalue weighted by Gasteiger charge is -2.47. The van der Waals surface area contributed by atoms with E-state index in [2.05, 4.69) is 78.6 Å². The number of aromatic nitrogens is 2. The van der Waals surface area contributed by atoms with Gasteiger partial charge in [0.2, 0.25) is 5.91 Å². The second-order valence-corrected chi connectivity index (χ2v) is 13.9.